The summed E-state index contributed by atoms with van der Waals surface area (Å²) in [4.78, 5) is 30.8. The monoisotopic (exact) mass is 458 g/mol. The van der Waals surface area contributed by atoms with E-state index in [1.807, 2.05) is 42.5 Å². The first-order valence-electron chi connectivity index (χ1n) is 12.2. The molecule has 2 aromatic heterocycles. The van der Waals surface area contributed by atoms with E-state index in [0.717, 1.165) is 72.0 Å². The van der Waals surface area contributed by atoms with E-state index in [1.54, 1.807) is 6.26 Å². The molecule has 0 saturated heterocycles. The van der Waals surface area contributed by atoms with Crippen LogP contribution in [0.1, 0.15) is 72.8 Å². The fourth-order valence-corrected chi connectivity index (χ4v) is 5.24. The Morgan fingerprint density at radius 1 is 1.12 bits per heavy atom. The van der Waals surface area contributed by atoms with E-state index in [0.29, 0.717) is 11.5 Å². The second-order valence-corrected chi connectivity index (χ2v) is 9.38. The lowest BCUT2D eigenvalue weighted by molar-refractivity contribution is -0.125. The Labute approximate surface area is 199 Å². The van der Waals surface area contributed by atoms with Crippen LogP contribution in [-0.2, 0) is 16.0 Å². The first-order valence-corrected chi connectivity index (χ1v) is 12.2. The summed E-state index contributed by atoms with van der Waals surface area (Å²) in [6.07, 6.45) is 10.6. The van der Waals surface area contributed by atoms with Gasteiger partial charge in [-0.1, -0.05) is 38.0 Å². The molecule has 2 atom stereocenters. The highest BCUT2D eigenvalue weighted by Gasteiger charge is 2.27. The molecule has 1 amide bonds. The van der Waals surface area contributed by atoms with Gasteiger partial charge in [0.15, 0.2) is 6.61 Å². The Balaban J connectivity index is 1.42. The minimum Gasteiger partial charge on any atom is -0.465 e. The predicted molar refractivity (Wildman–Crippen MR) is 131 cm³/mol. The van der Waals surface area contributed by atoms with Crippen molar-refractivity contribution in [3.05, 3.63) is 65.2 Å². The lowest BCUT2D eigenvalue weighted by Gasteiger charge is -2.29. The highest BCUT2D eigenvalue weighted by molar-refractivity contribution is 6.07. The molecule has 0 bridgehead atoms. The van der Waals surface area contributed by atoms with Crippen molar-refractivity contribution in [3.8, 4) is 0 Å². The summed E-state index contributed by atoms with van der Waals surface area (Å²) in [5.41, 5.74) is 3.99. The van der Waals surface area contributed by atoms with Crippen LogP contribution in [-0.4, -0.2) is 29.5 Å². The standard InChI is InChI=1S/C28H30N2O4/c1-18-8-2-4-13-23(18)29-25(31)17-34-28(32)26-21-11-3-5-14-24(21)30-27-19(9-6-12-22(26)27)16-20-10-7-15-33-20/h3,5,7,10-11,14-16,18,23H,2,4,6,8-9,12-13,17H2,1H3,(H,29,31)/b19-16+/t18-,23+/m1/s1. The SMILES string of the molecule is C[C@@H]1CCCC[C@@H]1NC(=O)COC(=O)c1c2c(nc3ccccc13)/C(=C/c1ccco1)CCC2. The van der Waals surface area contributed by atoms with Crippen LogP contribution in [0.15, 0.2) is 47.1 Å². The molecule has 0 radical (unpaired) electrons. The summed E-state index contributed by atoms with van der Waals surface area (Å²) in [6, 6.07) is 11.5. The van der Waals surface area contributed by atoms with Crippen LogP contribution in [0.5, 0.6) is 0 Å². The first kappa shape index (κ1) is 22.4. The van der Waals surface area contributed by atoms with Crippen LogP contribution in [0.25, 0.3) is 22.6 Å². The number of carbonyl (C=O) groups is 2. The van der Waals surface area contributed by atoms with Crippen molar-refractivity contribution in [2.24, 2.45) is 5.92 Å². The molecule has 34 heavy (non-hydrogen) atoms. The Morgan fingerprint density at radius 2 is 1.97 bits per heavy atom. The van der Waals surface area contributed by atoms with Crippen molar-refractivity contribution < 1.29 is 18.7 Å². The van der Waals surface area contributed by atoms with Crippen molar-refractivity contribution in [1.82, 2.24) is 10.3 Å². The van der Waals surface area contributed by atoms with Crippen LogP contribution in [0.4, 0.5) is 0 Å². The van der Waals surface area contributed by atoms with Crippen LogP contribution < -0.4 is 5.32 Å². The molecule has 176 valence electrons. The third kappa shape index (κ3) is 4.63. The average Bonchev–Trinajstić information content (AvgIpc) is 3.36. The van der Waals surface area contributed by atoms with Gasteiger partial charge >= 0.3 is 5.97 Å². The number of nitrogens with zero attached hydrogens (tertiary/aromatic N) is 1. The van der Waals surface area contributed by atoms with Gasteiger partial charge < -0.3 is 14.5 Å². The number of ether oxygens (including phenoxy) is 1. The first-order chi connectivity index (χ1) is 16.6. The lowest BCUT2D eigenvalue weighted by atomic mass is 9.86. The number of fused-ring (bicyclic) bond motifs is 2. The molecule has 6 nitrogen and oxygen atoms in total. The molecular formula is C28H30N2O4. The quantitative estimate of drug-likeness (QED) is 0.507. The molecular weight excluding hydrogens is 428 g/mol. The summed E-state index contributed by atoms with van der Waals surface area (Å²) < 4.78 is 11.1. The molecule has 6 heteroatoms. The van der Waals surface area contributed by atoms with Gasteiger partial charge in [0.25, 0.3) is 5.91 Å². The van der Waals surface area contributed by atoms with Crippen molar-refractivity contribution in [2.75, 3.05) is 6.61 Å². The van der Waals surface area contributed by atoms with Crippen LogP contribution in [0.3, 0.4) is 0 Å². The fourth-order valence-electron chi connectivity index (χ4n) is 5.24. The number of pyridine rings is 1. The van der Waals surface area contributed by atoms with Crippen molar-refractivity contribution in [3.63, 3.8) is 0 Å². The smallest absolute Gasteiger partial charge is 0.339 e. The second-order valence-electron chi connectivity index (χ2n) is 9.38. The highest BCUT2D eigenvalue weighted by atomic mass is 16.5. The molecule has 1 fully saturated rings. The minimum atomic E-state index is -0.471. The van der Waals surface area contributed by atoms with Crippen molar-refractivity contribution in [2.45, 2.75) is 57.9 Å². The minimum absolute atomic E-state index is 0.156. The molecule has 1 aromatic carbocycles. The topological polar surface area (TPSA) is 81.4 Å². The molecule has 0 spiro atoms. The number of esters is 1. The third-order valence-corrected chi connectivity index (χ3v) is 7.03. The Kier molecular flexibility index (Phi) is 6.48. The molecule has 0 aliphatic heterocycles. The summed E-state index contributed by atoms with van der Waals surface area (Å²) in [7, 11) is 0. The van der Waals surface area contributed by atoms with E-state index >= 15 is 0 Å². The lowest BCUT2D eigenvalue weighted by Crippen LogP contribution is -2.42. The zero-order chi connectivity index (χ0) is 23.5. The van der Waals surface area contributed by atoms with Gasteiger partial charge in [0.2, 0.25) is 0 Å². The van der Waals surface area contributed by atoms with E-state index in [2.05, 4.69) is 12.2 Å². The van der Waals surface area contributed by atoms with E-state index in [9.17, 15) is 9.59 Å². The van der Waals surface area contributed by atoms with E-state index in [1.165, 1.54) is 6.42 Å². The average molecular weight is 459 g/mol. The van der Waals surface area contributed by atoms with Gasteiger partial charge in [0, 0.05) is 11.4 Å². The number of hydrogen-bond donors (Lipinski definition) is 1. The maximum absolute atomic E-state index is 13.3. The normalized spacial score (nSPS) is 21.3. The molecule has 2 aliphatic rings. The van der Waals surface area contributed by atoms with Gasteiger partial charge in [-0.2, -0.15) is 0 Å². The molecule has 1 saturated carbocycles. The van der Waals surface area contributed by atoms with E-state index < -0.39 is 5.97 Å². The maximum Gasteiger partial charge on any atom is 0.339 e. The summed E-state index contributed by atoms with van der Waals surface area (Å²) >= 11 is 0. The zero-order valence-electron chi connectivity index (χ0n) is 19.5. The van der Waals surface area contributed by atoms with Gasteiger partial charge in [-0.05, 0) is 73.4 Å². The molecule has 5 rings (SSSR count). The van der Waals surface area contributed by atoms with Gasteiger partial charge in [-0.3, -0.25) is 4.79 Å². The largest absolute Gasteiger partial charge is 0.465 e. The number of rotatable bonds is 5. The fraction of sp³-hybridized carbons (Fsp3) is 0.393. The number of benzene rings is 1. The van der Waals surface area contributed by atoms with Crippen LogP contribution >= 0.6 is 0 Å². The maximum atomic E-state index is 13.3. The number of allylic oxidation sites excluding steroid dienone is 1. The van der Waals surface area contributed by atoms with Gasteiger partial charge in [0.1, 0.15) is 5.76 Å². The molecule has 2 heterocycles. The number of para-hydroxylation sites is 1. The Hall–Kier alpha value is -3.41. The van der Waals surface area contributed by atoms with Gasteiger partial charge in [-0.25, -0.2) is 9.78 Å². The summed E-state index contributed by atoms with van der Waals surface area (Å²) in [6.45, 7) is 1.89. The van der Waals surface area contributed by atoms with Crippen LogP contribution in [0.2, 0.25) is 0 Å². The van der Waals surface area contributed by atoms with Crippen molar-refractivity contribution in [1.29, 1.82) is 0 Å². The van der Waals surface area contributed by atoms with Crippen LogP contribution in [0, 0.1) is 5.92 Å². The van der Waals surface area contributed by atoms with Gasteiger partial charge in [-0.15, -0.1) is 0 Å². The summed E-state index contributed by atoms with van der Waals surface area (Å²) in [5.74, 6) is 0.498. The zero-order valence-corrected chi connectivity index (χ0v) is 19.5. The molecule has 0 unspecified atom stereocenters. The number of nitrogens with one attached hydrogen (secondary N) is 1. The summed E-state index contributed by atoms with van der Waals surface area (Å²) in [5, 5.41) is 3.82. The molecule has 1 N–H and O–H groups in total. The third-order valence-electron chi connectivity index (χ3n) is 7.03. The number of amides is 1. The number of furan rings is 1. The number of aromatic nitrogens is 1. The second kappa shape index (κ2) is 9.84. The Morgan fingerprint density at radius 3 is 2.79 bits per heavy atom. The predicted octanol–water partition coefficient (Wildman–Crippen LogP) is 5.56. The molecule has 3 aromatic rings. The highest BCUT2D eigenvalue weighted by Crippen LogP contribution is 2.36. The van der Waals surface area contributed by atoms with Crippen molar-refractivity contribution >= 4 is 34.4 Å². The molecule has 2 aliphatic carbocycles. The Bertz CT molecular complexity index is 1230. The van der Waals surface area contributed by atoms with E-state index in [4.69, 9.17) is 14.1 Å². The van der Waals surface area contributed by atoms with E-state index in [-0.39, 0.29) is 18.6 Å². The number of hydrogen-bond acceptors (Lipinski definition) is 5. The van der Waals surface area contributed by atoms with Gasteiger partial charge in [0.05, 0.1) is 23.0 Å². The number of carbonyl (C=O) groups excluding carboxylic acids is 2.